The fourth-order valence-corrected chi connectivity index (χ4v) is 8.78. The predicted molar refractivity (Wildman–Crippen MR) is 253 cm³/mol. The molecule has 3 aromatic rings. The maximum atomic E-state index is 14.2. The Kier molecular flexibility index (Phi) is 18.2. The number of aromatic nitrogens is 1. The number of likely N-dealkylation sites (N-methyl/N-ethyl adjacent to an activating group) is 1. The molecule has 2 aliphatic rings. The first-order chi connectivity index (χ1) is 32.7. The van der Waals surface area contributed by atoms with Crippen molar-refractivity contribution in [2.24, 2.45) is 28.9 Å². The number of benzene rings is 2. The molecule has 9 amide bonds. The first-order valence-corrected chi connectivity index (χ1v) is 23.2. The lowest BCUT2D eigenvalue weighted by atomic mass is 10.0. The van der Waals surface area contributed by atoms with Gasteiger partial charge in [-0.15, -0.1) is 0 Å². The number of aromatic amines is 1. The van der Waals surface area contributed by atoms with Gasteiger partial charge in [0.15, 0.2) is 0 Å². The number of aromatic hydroxyl groups is 1. The minimum absolute atomic E-state index is 0.0420. The largest absolute Gasteiger partial charge is 0.508 e. The van der Waals surface area contributed by atoms with Gasteiger partial charge >= 0.3 is 0 Å². The standard InChI is InChI=1S/C47H66N12O10/c1-25(2)19-34(46(68)58-17-7-11-37(58)43(65)53-33(40(51)62)21-28-24-52-32-10-6-5-9-30(28)32)55-42(64)36(23-48)56-44(66)38-12-8-18-59(38)47(69)35(22-39(50)61)54-41(63)26(3)57(4)45(67)31(49)20-27-13-15-29(60)16-14-27/h5-6,9-10,13-16,24-26,31,33-38,52,60H,7-8,11-12,17-23,48-49H2,1-4H3,(H2,50,61)(H2,51,62)(H,53,65)(H,54,63)(H,55,64)(H,56,66)/t26-,31-,33-,34-,35-,36-,37-,38-/m0/s1. The number of hydrogen-bond acceptors (Lipinski definition) is 12. The molecule has 1 aromatic heterocycles. The first-order valence-electron chi connectivity index (χ1n) is 23.2. The molecule has 69 heavy (non-hydrogen) atoms. The van der Waals surface area contributed by atoms with E-state index in [0.717, 1.165) is 21.4 Å². The van der Waals surface area contributed by atoms with Crippen molar-refractivity contribution in [1.82, 2.24) is 41.0 Å². The van der Waals surface area contributed by atoms with E-state index in [1.165, 1.54) is 35.9 Å². The van der Waals surface area contributed by atoms with Gasteiger partial charge in [0.05, 0.1) is 12.5 Å². The summed E-state index contributed by atoms with van der Waals surface area (Å²) in [7, 11) is 1.36. The molecule has 5 rings (SSSR count). The number of carbonyl (C=O) groups is 9. The van der Waals surface area contributed by atoms with Crippen molar-refractivity contribution in [2.45, 2.75) is 120 Å². The van der Waals surface area contributed by atoms with Crippen LogP contribution in [-0.2, 0) is 56.0 Å². The molecule has 0 bridgehead atoms. The quantitative estimate of drug-likeness (QED) is 0.0529. The second kappa shape index (κ2) is 23.8. The number of amides is 9. The van der Waals surface area contributed by atoms with Crippen LogP contribution in [0.25, 0.3) is 10.9 Å². The Bertz CT molecular complexity index is 2370. The molecule has 0 radical (unpaired) electrons. The van der Waals surface area contributed by atoms with Crippen LogP contribution in [0.3, 0.4) is 0 Å². The third kappa shape index (κ3) is 13.6. The van der Waals surface area contributed by atoms with Gasteiger partial charge in [0, 0.05) is 50.2 Å². The van der Waals surface area contributed by atoms with E-state index >= 15 is 0 Å². The van der Waals surface area contributed by atoms with Gasteiger partial charge in [0.2, 0.25) is 53.2 Å². The number of primary amides is 2. The zero-order valence-corrected chi connectivity index (χ0v) is 39.4. The third-order valence-electron chi connectivity index (χ3n) is 12.7. The average Bonchev–Trinajstić information content (AvgIpc) is 4.10. The van der Waals surface area contributed by atoms with Crippen LogP contribution < -0.4 is 44.2 Å². The smallest absolute Gasteiger partial charge is 0.246 e. The molecule has 8 atom stereocenters. The summed E-state index contributed by atoms with van der Waals surface area (Å²) < 4.78 is 0. The van der Waals surface area contributed by atoms with Gasteiger partial charge in [-0.2, -0.15) is 0 Å². The van der Waals surface area contributed by atoms with E-state index in [0.29, 0.717) is 24.8 Å². The molecule has 3 heterocycles. The topological polar surface area (TPSA) is 352 Å². The van der Waals surface area contributed by atoms with Crippen molar-refractivity contribution in [3.8, 4) is 5.75 Å². The Morgan fingerprint density at radius 2 is 1.32 bits per heavy atom. The first kappa shape index (κ1) is 52.9. The Morgan fingerprint density at radius 3 is 1.88 bits per heavy atom. The Balaban J connectivity index is 1.21. The maximum Gasteiger partial charge on any atom is 0.246 e. The van der Waals surface area contributed by atoms with Gasteiger partial charge in [0.25, 0.3) is 0 Å². The SMILES string of the molecule is CC(C)C[C@H](NC(=O)[C@H](CN)NC(=O)[C@@H]1CCCN1C(=O)[C@H](CC(N)=O)NC(=O)[C@H](C)N(C)C(=O)[C@@H](N)Cc1ccc(O)cc1)C(=O)N1CCC[C@H]1C(=O)N[C@@H](Cc1c[nH]c2ccccc12)C(N)=O. The summed E-state index contributed by atoms with van der Waals surface area (Å²) in [6.07, 6.45) is 2.79. The van der Waals surface area contributed by atoms with E-state index in [9.17, 15) is 48.3 Å². The number of nitrogens with zero attached hydrogens (tertiary/aromatic N) is 3. The van der Waals surface area contributed by atoms with Crippen molar-refractivity contribution in [2.75, 3.05) is 26.7 Å². The van der Waals surface area contributed by atoms with Crippen molar-refractivity contribution in [3.63, 3.8) is 0 Å². The van der Waals surface area contributed by atoms with Crippen molar-refractivity contribution in [3.05, 3.63) is 65.9 Å². The minimum atomic E-state index is -1.52. The molecule has 374 valence electrons. The summed E-state index contributed by atoms with van der Waals surface area (Å²) >= 11 is 0. The summed E-state index contributed by atoms with van der Waals surface area (Å²) in [6.45, 7) is 4.96. The minimum Gasteiger partial charge on any atom is -0.508 e. The van der Waals surface area contributed by atoms with E-state index < -0.39 is 114 Å². The normalized spacial score (nSPS) is 18.4. The van der Waals surface area contributed by atoms with E-state index in [-0.39, 0.29) is 50.4 Å². The number of carbonyl (C=O) groups excluding carboxylic acids is 9. The number of para-hydroxylation sites is 1. The summed E-state index contributed by atoms with van der Waals surface area (Å²) in [4.78, 5) is 128. The van der Waals surface area contributed by atoms with Gasteiger partial charge < -0.3 is 69.0 Å². The highest BCUT2D eigenvalue weighted by Crippen LogP contribution is 2.24. The lowest BCUT2D eigenvalue weighted by Gasteiger charge is -2.32. The van der Waals surface area contributed by atoms with Crippen LogP contribution in [0.5, 0.6) is 5.75 Å². The molecule has 22 heteroatoms. The molecule has 0 saturated carbocycles. The number of fused-ring (bicyclic) bond motifs is 1. The molecule has 2 aliphatic heterocycles. The highest BCUT2D eigenvalue weighted by atomic mass is 16.3. The molecule has 0 unspecified atom stereocenters. The van der Waals surface area contributed by atoms with Gasteiger partial charge in [-0.1, -0.05) is 44.2 Å². The van der Waals surface area contributed by atoms with Crippen LogP contribution in [0.15, 0.2) is 54.7 Å². The second-order valence-electron chi connectivity index (χ2n) is 18.2. The summed E-state index contributed by atoms with van der Waals surface area (Å²) in [5.41, 5.74) is 25.7. The number of phenols is 1. The molecule has 0 aliphatic carbocycles. The molecule has 2 saturated heterocycles. The molecule has 0 spiro atoms. The number of H-pyrrole nitrogens is 1. The summed E-state index contributed by atoms with van der Waals surface area (Å²) in [5, 5.41) is 21.0. The number of phenolic OH excluding ortho intramolecular Hbond substituents is 1. The van der Waals surface area contributed by atoms with E-state index in [4.69, 9.17) is 22.9 Å². The van der Waals surface area contributed by atoms with Crippen LogP contribution >= 0.6 is 0 Å². The lowest BCUT2D eigenvalue weighted by Crippen LogP contribution is -2.61. The van der Waals surface area contributed by atoms with Crippen LogP contribution in [0.1, 0.15) is 70.4 Å². The highest BCUT2D eigenvalue weighted by Gasteiger charge is 2.42. The maximum absolute atomic E-state index is 14.2. The fourth-order valence-electron chi connectivity index (χ4n) is 8.78. The Labute approximate surface area is 399 Å². The number of nitrogens with one attached hydrogen (secondary N) is 5. The molecular weight excluding hydrogens is 893 g/mol. The summed E-state index contributed by atoms with van der Waals surface area (Å²) in [6, 6.07) is 4.19. The highest BCUT2D eigenvalue weighted by molar-refractivity contribution is 5.99. The summed E-state index contributed by atoms with van der Waals surface area (Å²) in [5.74, 6) is -6.59. The zero-order chi connectivity index (χ0) is 50.7. The molecule has 14 N–H and O–H groups in total. The van der Waals surface area contributed by atoms with Crippen molar-refractivity contribution < 1.29 is 48.3 Å². The number of hydrogen-bond donors (Lipinski definition) is 10. The van der Waals surface area contributed by atoms with Gasteiger partial charge in [-0.25, -0.2) is 0 Å². The molecule has 22 nitrogen and oxygen atoms in total. The van der Waals surface area contributed by atoms with Crippen LogP contribution in [0.2, 0.25) is 0 Å². The average molecular weight is 959 g/mol. The Hall–Kier alpha value is -7.07. The van der Waals surface area contributed by atoms with Gasteiger partial charge in [-0.05, 0) is 80.7 Å². The van der Waals surface area contributed by atoms with Crippen LogP contribution in [0, 0.1) is 5.92 Å². The number of nitrogens with two attached hydrogens (primary N) is 4. The van der Waals surface area contributed by atoms with Crippen molar-refractivity contribution in [1.29, 1.82) is 0 Å². The van der Waals surface area contributed by atoms with Gasteiger partial charge in [0.1, 0.15) is 48.0 Å². The van der Waals surface area contributed by atoms with Crippen molar-refractivity contribution >= 4 is 64.1 Å². The third-order valence-corrected chi connectivity index (χ3v) is 12.7. The van der Waals surface area contributed by atoms with Crippen LogP contribution in [0.4, 0.5) is 0 Å². The van der Waals surface area contributed by atoms with E-state index in [2.05, 4.69) is 26.3 Å². The Morgan fingerprint density at radius 1 is 0.754 bits per heavy atom. The van der Waals surface area contributed by atoms with E-state index in [1.54, 1.807) is 18.3 Å². The fraction of sp³-hybridized carbons (Fsp3) is 0.511. The van der Waals surface area contributed by atoms with Gasteiger partial charge in [-0.3, -0.25) is 43.2 Å². The monoisotopic (exact) mass is 959 g/mol. The number of rotatable bonds is 22. The van der Waals surface area contributed by atoms with E-state index in [1.807, 2.05) is 38.1 Å². The second-order valence-corrected chi connectivity index (χ2v) is 18.2. The molecule has 2 fully saturated rings. The molecule has 2 aromatic carbocycles. The van der Waals surface area contributed by atoms with Crippen LogP contribution in [-0.4, -0.2) is 153 Å². The molecular formula is C47H66N12O10. The lowest BCUT2D eigenvalue weighted by molar-refractivity contribution is -0.145. The predicted octanol–water partition coefficient (Wildman–Crippen LogP) is -1.88. The number of likely N-dealkylation sites (tertiary alicyclic amines) is 2. The zero-order valence-electron chi connectivity index (χ0n) is 39.4.